The Morgan fingerprint density at radius 2 is 2.06 bits per heavy atom. The number of carbonyl (C=O) groups is 1. The van der Waals surface area contributed by atoms with Crippen molar-refractivity contribution in [3.63, 3.8) is 0 Å². The first-order chi connectivity index (χ1) is 8.61. The van der Waals surface area contributed by atoms with Crippen molar-refractivity contribution < 1.29 is 9.21 Å². The van der Waals surface area contributed by atoms with E-state index in [-0.39, 0.29) is 11.8 Å². The zero-order chi connectivity index (χ0) is 13.1. The molecule has 0 saturated carbocycles. The predicted octanol–water partition coefficient (Wildman–Crippen LogP) is 1.54. The third kappa shape index (κ3) is 2.66. The summed E-state index contributed by atoms with van der Waals surface area (Å²) in [6, 6.07) is 0. The summed E-state index contributed by atoms with van der Waals surface area (Å²) < 4.78 is 5.63. The number of anilines is 1. The lowest BCUT2D eigenvalue weighted by atomic mass is 10.1. The number of hydrogen-bond donors (Lipinski definition) is 0. The van der Waals surface area contributed by atoms with Crippen molar-refractivity contribution in [3.05, 3.63) is 12.1 Å². The van der Waals surface area contributed by atoms with Crippen LogP contribution in [-0.2, 0) is 11.2 Å². The van der Waals surface area contributed by atoms with Gasteiger partial charge in [0.2, 0.25) is 11.8 Å². The summed E-state index contributed by atoms with van der Waals surface area (Å²) in [5.41, 5.74) is 0. The highest BCUT2D eigenvalue weighted by Gasteiger charge is 2.24. The molecule has 0 radical (unpaired) electrons. The van der Waals surface area contributed by atoms with Gasteiger partial charge in [-0.05, 0) is 0 Å². The topological polar surface area (TPSA) is 49.6 Å². The van der Waals surface area contributed by atoms with Crippen LogP contribution in [0.15, 0.2) is 10.6 Å². The standard InChI is InChI=1S/C13H21N3O2/c1-4-11-14-9-12(18-11)15-5-7-16(8-6-15)13(17)10(2)3/h9-10H,4-8H2,1-3H3. The van der Waals surface area contributed by atoms with Crippen LogP contribution in [0.3, 0.4) is 0 Å². The molecule has 1 aliphatic rings. The van der Waals surface area contributed by atoms with Gasteiger partial charge in [0.1, 0.15) is 0 Å². The average Bonchev–Trinajstić information content (AvgIpc) is 2.86. The van der Waals surface area contributed by atoms with E-state index in [0.29, 0.717) is 0 Å². The van der Waals surface area contributed by atoms with Gasteiger partial charge in [0.25, 0.3) is 0 Å². The highest BCUT2D eigenvalue weighted by molar-refractivity contribution is 5.78. The molecule has 1 aromatic heterocycles. The maximum atomic E-state index is 11.9. The number of hydrogen-bond acceptors (Lipinski definition) is 4. The Kier molecular flexibility index (Phi) is 3.89. The van der Waals surface area contributed by atoms with Crippen molar-refractivity contribution in [1.29, 1.82) is 0 Å². The minimum Gasteiger partial charge on any atom is -0.425 e. The molecule has 0 spiro atoms. The molecule has 5 heteroatoms. The molecule has 1 saturated heterocycles. The highest BCUT2D eigenvalue weighted by atomic mass is 16.4. The highest BCUT2D eigenvalue weighted by Crippen LogP contribution is 2.18. The zero-order valence-electron chi connectivity index (χ0n) is 11.3. The maximum Gasteiger partial charge on any atom is 0.225 e. The van der Waals surface area contributed by atoms with Crippen LogP contribution < -0.4 is 4.90 Å². The minimum atomic E-state index is 0.0773. The number of oxazole rings is 1. The van der Waals surface area contributed by atoms with Gasteiger partial charge >= 0.3 is 0 Å². The molecule has 1 amide bonds. The van der Waals surface area contributed by atoms with Crippen molar-refractivity contribution in [2.24, 2.45) is 5.92 Å². The van der Waals surface area contributed by atoms with Crippen LogP contribution in [0, 0.1) is 5.92 Å². The van der Waals surface area contributed by atoms with Gasteiger partial charge in [0, 0.05) is 38.5 Å². The molecular weight excluding hydrogens is 230 g/mol. The summed E-state index contributed by atoms with van der Waals surface area (Å²) in [5.74, 6) is 1.91. The van der Waals surface area contributed by atoms with E-state index in [1.54, 1.807) is 6.20 Å². The number of piperazine rings is 1. The Hall–Kier alpha value is -1.52. The van der Waals surface area contributed by atoms with Gasteiger partial charge in [-0.3, -0.25) is 4.79 Å². The van der Waals surface area contributed by atoms with Gasteiger partial charge in [-0.1, -0.05) is 20.8 Å². The number of aromatic nitrogens is 1. The number of amides is 1. The van der Waals surface area contributed by atoms with Crippen LogP contribution in [0.2, 0.25) is 0 Å². The number of nitrogens with zero attached hydrogens (tertiary/aromatic N) is 3. The van der Waals surface area contributed by atoms with E-state index < -0.39 is 0 Å². The molecule has 0 aromatic carbocycles. The van der Waals surface area contributed by atoms with Crippen LogP contribution in [0.5, 0.6) is 0 Å². The van der Waals surface area contributed by atoms with E-state index in [2.05, 4.69) is 9.88 Å². The SMILES string of the molecule is CCc1ncc(N2CCN(C(=O)C(C)C)CC2)o1. The first-order valence-corrected chi connectivity index (χ1v) is 6.60. The van der Waals surface area contributed by atoms with Crippen molar-refractivity contribution >= 4 is 11.8 Å². The van der Waals surface area contributed by atoms with Gasteiger partial charge in [-0.2, -0.15) is 0 Å². The lowest BCUT2D eigenvalue weighted by Gasteiger charge is -2.35. The Balaban J connectivity index is 1.92. The molecule has 0 unspecified atom stereocenters. The fourth-order valence-electron chi connectivity index (χ4n) is 2.12. The summed E-state index contributed by atoms with van der Waals surface area (Å²) in [5, 5.41) is 0. The minimum absolute atomic E-state index is 0.0773. The molecule has 2 heterocycles. The van der Waals surface area contributed by atoms with Gasteiger partial charge in [-0.15, -0.1) is 0 Å². The van der Waals surface area contributed by atoms with Gasteiger partial charge in [0.15, 0.2) is 5.89 Å². The number of carbonyl (C=O) groups excluding carboxylic acids is 1. The van der Waals surface area contributed by atoms with E-state index in [0.717, 1.165) is 44.4 Å². The largest absolute Gasteiger partial charge is 0.425 e. The van der Waals surface area contributed by atoms with Crippen LogP contribution in [0.25, 0.3) is 0 Å². The van der Waals surface area contributed by atoms with E-state index in [1.807, 2.05) is 25.7 Å². The summed E-state index contributed by atoms with van der Waals surface area (Å²) in [6.07, 6.45) is 2.59. The molecule has 5 nitrogen and oxygen atoms in total. The van der Waals surface area contributed by atoms with E-state index >= 15 is 0 Å². The molecule has 100 valence electrons. The zero-order valence-corrected chi connectivity index (χ0v) is 11.3. The predicted molar refractivity (Wildman–Crippen MR) is 69.5 cm³/mol. The smallest absolute Gasteiger partial charge is 0.225 e. The number of aryl methyl sites for hydroxylation is 1. The molecular formula is C13H21N3O2. The first-order valence-electron chi connectivity index (χ1n) is 6.60. The Morgan fingerprint density at radius 1 is 1.39 bits per heavy atom. The van der Waals surface area contributed by atoms with E-state index in [1.165, 1.54) is 0 Å². The Labute approximate surface area is 108 Å². The van der Waals surface area contributed by atoms with Crippen molar-refractivity contribution in [2.45, 2.75) is 27.2 Å². The fraction of sp³-hybridized carbons (Fsp3) is 0.692. The second-order valence-corrected chi connectivity index (χ2v) is 4.91. The van der Waals surface area contributed by atoms with Crippen LogP contribution in [0.1, 0.15) is 26.7 Å². The Bertz CT molecular complexity index is 406. The van der Waals surface area contributed by atoms with E-state index in [9.17, 15) is 4.79 Å². The van der Waals surface area contributed by atoms with Gasteiger partial charge in [0.05, 0.1) is 6.20 Å². The summed E-state index contributed by atoms with van der Waals surface area (Å²) in [6.45, 7) is 9.07. The van der Waals surface area contributed by atoms with Crippen molar-refractivity contribution in [2.75, 3.05) is 31.1 Å². The molecule has 2 rings (SSSR count). The summed E-state index contributed by atoms with van der Waals surface area (Å²) in [4.78, 5) is 20.1. The van der Waals surface area contributed by atoms with Crippen LogP contribution >= 0.6 is 0 Å². The molecule has 1 fully saturated rings. The Morgan fingerprint density at radius 3 is 2.56 bits per heavy atom. The molecule has 1 aliphatic heterocycles. The lowest BCUT2D eigenvalue weighted by Crippen LogP contribution is -2.49. The van der Waals surface area contributed by atoms with Crippen LogP contribution in [-0.4, -0.2) is 42.0 Å². The van der Waals surface area contributed by atoms with Gasteiger partial charge < -0.3 is 14.2 Å². The fourth-order valence-corrected chi connectivity index (χ4v) is 2.12. The average molecular weight is 251 g/mol. The molecule has 0 N–H and O–H groups in total. The van der Waals surface area contributed by atoms with E-state index in [4.69, 9.17) is 4.42 Å². The molecule has 0 aliphatic carbocycles. The second-order valence-electron chi connectivity index (χ2n) is 4.91. The molecule has 18 heavy (non-hydrogen) atoms. The lowest BCUT2D eigenvalue weighted by molar-refractivity contribution is -0.134. The molecule has 1 aromatic rings. The van der Waals surface area contributed by atoms with Crippen LogP contribution in [0.4, 0.5) is 5.88 Å². The van der Waals surface area contributed by atoms with Gasteiger partial charge in [-0.25, -0.2) is 4.98 Å². The molecule has 0 bridgehead atoms. The molecule has 0 atom stereocenters. The normalized spacial score (nSPS) is 16.4. The van der Waals surface area contributed by atoms with Crippen molar-refractivity contribution in [3.8, 4) is 0 Å². The quantitative estimate of drug-likeness (QED) is 0.817. The summed E-state index contributed by atoms with van der Waals surface area (Å²) >= 11 is 0. The summed E-state index contributed by atoms with van der Waals surface area (Å²) in [7, 11) is 0. The van der Waals surface area contributed by atoms with Crippen molar-refractivity contribution in [1.82, 2.24) is 9.88 Å². The monoisotopic (exact) mass is 251 g/mol. The first kappa shape index (κ1) is 12.9. The second kappa shape index (κ2) is 5.42. The third-order valence-electron chi connectivity index (χ3n) is 3.24. The number of rotatable bonds is 3. The maximum absolute atomic E-state index is 11.9. The third-order valence-corrected chi connectivity index (χ3v) is 3.24.